The van der Waals surface area contributed by atoms with E-state index in [1.165, 1.54) is 6.42 Å². The smallest absolute Gasteiger partial charge is 0.161 e. The van der Waals surface area contributed by atoms with Crippen LogP contribution >= 0.6 is 0 Å². The molecule has 30 heavy (non-hydrogen) atoms. The molecule has 3 saturated heterocycles. The Morgan fingerprint density at radius 3 is 2.77 bits per heavy atom. The van der Waals surface area contributed by atoms with Crippen LogP contribution in [0, 0.1) is 11.8 Å². The van der Waals surface area contributed by atoms with Crippen molar-refractivity contribution in [2.75, 3.05) is 20.2 Å². The van der Waals surface area contributed by atoms with Crippen molar-refractivity contribution in [2.45, 2.75) is 50.5 Å². The molecule has 4 heterocycles. The molecule has 0 N–H and O–H groups in total. The van der Waals surface area contributed by atoms with Crippen LogP contribution in [0.2, 0.25) is 0 Å². The monoisotopic (exact) mass is 428 g/mol. The minimum absolute atomic E-state index is 0.183. The van der Waals surface area contributed by atoms with Crippen LogP contribution in [0.3, 0.4) is 0 Å². The Hall–Kier alpha value is -1.76. The molecule has 0 aliphatic carbocycles. The van der Waals surface area contributed by atoms with Gasteiger partial charge in [0, 0.05) is 24.2 Å². The molecule has 1 aromatic carbocycles. The molecule has 3 fully saturated rings. The van der Waals surface area contributed by atoms with E-state index in [1.54, 1.807) is 7.11 Å². The highest BCUT2D eigenvalue weighted by molar-refractivity contribution is 7.81. The molecule has 1 aromatic heterocycles. The summed E-state index contributed by atoms with van der Waals surface area (Å²) in [5.41, 5.74) is 1.92. The van der Waals surface area contributed by atoms with Gasteiger partial charge in [-0.3, -0.25) is 14.1 Å². The van der Waals surface area contributed by atoms with Gasteiger partial charge in [-0.05, 0) is 81.8 Å². The Bertz CT molecular complexity index is 955. The molecule has 0 radical (unpaired) electrons. The first-order chi connectivity index (χ1) is 14.3. The zero-order chi connectivity index (χ0) is 21.5. The van der Waals surface area contributed by atoms with Gasteiger partial charge in [0.05, 0.1) is 17.4 Å². The normalized spacial score (nSPS) is 28.3. The standard InChI is InChI=1S/C24H32N2O3S/c1-6-16-15-26-12-10-17(16)13-22(26)23(29-30(27)24(2,3)4)19-9-11-25-21-8-7-18(28-5)14-20(19)21/h6-9,11,14,16-17,22-23H,1,10,12-13,15H2,2-5H3/t16-,17-,22+,23+,30-/m0/s1. The van der Waals surface area contributed by atoms with Crippen LogP contribution in [0.15, 0.2) is 43.1 Å². The Balaban J connectivity index is 1.78. The molecule has 3 aliphatic rings. The summed E-state index contributed by atoms with van der Waals surface area (Å²) in [5, 5.41) is 0.996. The molecule has 5 rings (SSSR count). The second kappa shape index (κ2) is 8.40. The SMILES string of the molecule is C=C[C@H]1CN2CC[C@H]1C[C@@H]2[C@H](O[S@](=O)C(C)(C)C)c1ccnc2ccc(OC)cc12. The van der Waals surface area contributed by atoms with E-state index in [1.807, 2.05) is 51.2 Å². The lowest BCUT2D eigenvalue weighted by molar-refractivity contribution is -0.0326. The third-order valence-electron chi connectivity index (χ3n) is 6.48. The molecular weight excluding hydrogens is 396 g/mol. The van der Waals surface area contributed by atoms with Crippen LogP contribution in [0.4, 0.5) is 0 Å². The van der Waals surface area contributed by atoms with Crippen molar-refractivity contribution in [3.8, 4) is 5.75 Å². The summed E-state index contributed by atoms with van der Waals surface area (Å²) in [7, 11) is 1.67. The van der Waals surface area contributed by atoms with Gasteiger partial charge in [0.2, 0.25) is 0 Å². The molecule has 6 heteroatoms. The van der Waals surface area contributed by atoms with Gasteiger partial charge in [-0.15, -0.1) is 6.58 Å². The van der Waals surface area contributed by atoms with Gasteiger partial charge in [0.15, 0.2) is 11.1 Å². The lowest BCUT2D eigenvalue weighted by Gasteiger charge is -2.51. The molecule has 0 spiro atoms. The molecule has 5 nitrogen and oxygen atoms in total. The number of ether oxygens (including phenoxy) is 1. The summed E-state index contributed by atoms with van der Waals surface area (Å²) in [6.45, 7) is 11.9. The topological polar surface area (TPSA) is 51.7 Å². The van der Waals surface area contributed by atoms with Crippen LogP contribution in [0.25, 0.3) is 10.9 Å². The van der Waals surface area contributed by atoms with E-state index < -0.39 is 15.8 Å². The van der Waals surface area contributed by atoms with E-state index in [9.17, 15) is 4.21 Å². The number of hydrogen-bond donors (Lipinski definition) is 0. The summed E-state index contributed by atoms with van der Waals surface area (Å²) in [6.07, 6.45) is 5.84. The first-order valence-electron chi connectivity index (χ1n) is 10.7. The third-order valence-corrected chi connectivity index (χ3v) is 7.87. The average molecular weight is 429 g/mol. The maximum atomic E-state index is 13.1. The average Bonchev–Trinajstić information content (AvgIpc) is 2.76. The lowest BCUT2D eigenvalue weighted by atomic mass is 9.73. The van der Waals surface area contributed by atoms with E-state index in [4.69, 9.17) is 8.92 Å². The largest absolute Gasteiger partial charge is 0.497 e. The van der Waals surface area contributed by atoms with Crippen molar-refractivity contribution in [2.24, 2.45) is 11.8 Å². The fourth-order valence-corrected chi connectivity index (χ4v) is 5.48. The van der Waals surface area contributed by atoms with E-state index in [-0.39, 0.29) is 12.1 Å². The Labute approximate surface area is 182 Å². The number of hydrogen-bond acceptors (Lipinski definition) is 5. The molecule has 1 unspecified atom stereocenters. The zero-order valence-corrected chi connectivity index (χ0v) is 19.2. The molecule has 0 saturated carbocycles. The number of rotatable bonds is 6. The van der Waals surface area contributed by atoms with Crippen molar-refractivity contribution in [1.82, 2.24) is 9.88 Å². The van der Waals surface area contributed by atoms with Crippen molar-refractivity contribution in [3.63, 3.8) is 0 Å². The summed E-state index contributed by atoms with van der Waals surface area (Å²) >= 11 is -1.43. The van der Waals surface area contributed by atoms with Crippen LogP contribution in [-0.2, 0) is 15.3 Å². The van der Waals surface area contributed by atoms with Gasteiger partial charge in [0.25, 0.3) is 0 Å². The molecule has 2 bridgehead atoms. The van der Waals surface area contributed by atoms with Gasteiger partial charge < -0.3 is 4.74 Å². The van der Waals surface area contributed by atoms with Crippen molar-refractivity contribution < 1.29 is 13.1 Å². The molecule has 0 amide bonds. The van der Waals surface area contributed by atoms with Crippen LogP contribution in [0.5, 0.6) is 5.75 Å². The predicted octanol–water partition coefficient (Wildman–Crippen LogP) is 4.66. The van der Waals surface area contributed by atoms with Crippen molar-refractivity contribution >= 4 is 22.0 Å². The van der Waals surface area contributed by atoms with Gasteiger partial charge in [-0.1, -0.05) is 6.08 Å². The Morgan fingerprint density at radius 2 is 2.13 bits per heavy atom. The summed E-state index contributed by atoms with van der Waals surface area (Å²) in [6, 6.07) is 8.10. The summed E-state index contributed by atoms with van der Waals surface area (Å²) < 4.78 is 24.5. The summed E-state index contributed by atoms with van der Waals surface area (Å²) in [5.74, 6) is 1.91. The van der Waals surface area contributed by atoms with Crippen LogP contribution in [0.1, 0.15) is 45.3 Å². The molecule has 2 aromatic rings. The first-order valence-corrected chi connectivity index (χ1v) is 11.8. The second-order valence-corrected chi connectivity index (χ2v) is 11.3. The number of methoxy groups -OCH3 is 1. The molecule has 3 aliphatic heterocycles. The number of benzene rings is 1. The van der Waals surface area contributed by atoms with Crippen molar-refractivity contribution in [1.29, 1.82) is 0 Å². The number of piperidine rings is 3. The minimum Gasteiger partial charge on any atom is -0.497 e. The zero-order valence-electron chi connectivity index (χ0n) is 18.3. The first kappa shape index (κ1) is 21.5. The number of aromatic nitrogens is 1. The van der Waals surface area contributed by atoms with Gasteiger partial charge in [0.1, 0.15) is 11.9 Å². The molecule has 6 atom stereocenters. The molecular formula is C24H32N2O3S. The minimum atomic E-state index is -1.43. The van der Waals surface area contributed by atoms with Gasteiger partial charge in [-0.2, -0.15) is 0 Å². The number of fused-ring (bicyclic) bond motifs is 4. The maximum Gasteiger partial charge on any atom is 0.161 e. The third kappa shape index (κ3) is 4.05. The van der Waals surface area contributed by atoms with Crippen LogP contribution < -0.4 is 4.74 Å². The quantitative estimate of drug-likeness (QED) is 0.627. The highest BCUT2D eigenvalue weighted by atomic mass is 32.2. The Kier molecular flexibility index (Phi) is 6.02. The predicted molar refractivity (Wildman–Crippen MR) is 122 cm³/mol. The maximum absolute atomic E-state index is 13.1. The fourth-order valence-electron chi connectivity index (χ4n) is 4.78. The van der Waals surface area contributed by atoms with E-state index >= 15 is 0 Å². The lowest BCUT2D eigenvalue weighted by Crippen LogP contribution is -2.55. The highest BCUT2D eigenvalue weighted by Gasteiger charge is 2.44. The van der Waals surface area contributed by atoms with Crippen molar-refractivity contribution in [3.05, 3.63) is 48.7 Å². The van der Waals surface area contributed by atoms with Gasteiger partial charge in [-0.25, -0.2) is 4.21 Å². The second-order valence-electron chi connectivity index (χ2n) is 9.39. The fraction of sp³-hybridized carbons (Fsp3) is 0.542. The highest BCUT2D eigenvalue weighted by Crippen LogP contribution is 2.44. The van der Waals surface area contributed by atoms with E-state index in [0.29, 0.717) is 11.8 Å². The number of nitrogens with zero attached hydrogens (tertiary/aromatic N) is 2. The Morgan fingerprint density at radius 1 is 1.33 bits per heavy atom. The van der Waals surface area contributed by atoms with E-state index in [0.717, 1.165) is 41.7 Å². The van der Waals surface area contributed by atoms with Gasteiger partial charge >= 0.3 is 0 Å². The number of pyridine rings is 1. The summed E-state index contributed by atoms with van der Waals surface area (Å²) in [4.78, 5) is 7.04. The van der Waals surface area contributed by atoms with E-state index in [2.05, 4.69) is 22.5 Å². The molecule has 162 valence electrons. The van der Waals surface area contributed by atoms with Crippen LogP contribution in [-0.4, -0.2) is 45.1 Å².